The molecule has 0 aliphatic carbocycles. The van der Waals surface area contributed by atoms with Crippen molar-refractivity contribution in [1.82, 2.24) is 9.38 Å². The molecule has 2 aromatic carbocycles. The molecule has 1 atom stereocenters. The number of nitrogens with zero attached hydrogens (tertiary/aromatic N) is 3. The number of ether oxygens (including phenoxy) is 1. The van der Waals surface area contributed by atoms with Gasteiger partial charge < -0.3 is 14.7 Å². The Hall–Kier alpha value is -3.71. The molecule has 1 fully saturated rings. The minimum absolute atomic E-state index is 0.231. The molecule has 40 heavy (non-hydrogen) atoms. The molecule has 0 saturated carbocycles. The minimum Gasteiger partial charge on any atom is -0.479 e. The summed E-state index contributed by atoms with van der Waals surface area (Å²) in [5.41, 5.74) is 5.43. The van der Waals surface area contributed by atoms with Crippen molar-refractivity contribution >= 4 is 17.4 Å². The Kier molecular flexibility index (Phi) is 7.21. The van der Waals surface area contributed by atoms with E-state index < -0.39 is 17.7 Å². The molecule has 0 spiro atoms. The van der Waals surface area contributed by atoms with E-state index in [0.29, 0.717) is 5.56 Å². The first-order valence-electron chi connectivity index (χ1n) is 13.9. The third kappa shape index (κ3) is 5.75. The predicted octanol–water partition coefficient (Wildman–Crippen LogP) is 7.68. The molecule has 0 unspecified atom stereocenters. The summed E-state index contributed by atoms with van der Waals surface area (Å²) in [5.74, 6) is -0.450. The lowest BCUT2D eigenvalue weighted by Crippen LogP contribution is -2.40. The van der Waals surface area contributed by atoms with E-state index in [2.05, 4.69) is 24.8 Å². The zero-order valence-electron chi connectivity index (χ0n) is 24.2. The lowest BCUT2D eigenvalue weighted by Gasteiger charge is -2.40. The van der Waals surface area contributed by atoms with Gasteiger partial charge in [0.2, 0.25) is 0 Å². The highest BCUT2D eigenvalue weighted by molar-refractivity contribution is 5.80. The summed E-state index contributed by atoms with van der Waals surface area (Å²) in [6.07, 6.45) is 2.87. The van der Waals surface area contributed by atoms with Crippen LogP contribution < -0.4 is 4.90 Å². The van der Waals surface area contributed by atoms with Crippen LogP contribution in [-0.2, 0) is 9.53 Å². The molecule has 1 N–H and O–H groups in total. The van der Waals surface area contributed by atoms with E-state index in [1.165, 1.54) is 12.1 Å². The number of carbonyl (C=O) groups is 1. The van der Waals surface area contributed by atoms with Crippen LogP contribution in [0.4, 0.5) is 10.2 Å². The second-order valence-electron chi connectivity index (χ2n) is 12.6. The highest BCUT2D eigenvalue weighted by Crippen LogP contribution is 2.40. The van der Waals surface area contributed by atoms with Crippen LogP contribution in [0.2, 0.25) is 0 Å². The Morgan fingerprint density at radius 1 is 1.02 bits per heavy atom. The molecule has 7 heteroatoms. The van der Waals surface area contributed by atoms with Crippen molar-refractivity contribution in [3.05, 3.63) is 77.7 Å². The van der Waals surface area contributed by atoms with Crippen molar-refractivity contribution in [1.29, 1.82) is 0 Å². The van der Waals surface area contributed by atoms with Crippen LogP contribution in [0.1, 0.15) is 64.7 Å². The number of benzene rings is 2. The fraction of sp³-hybridized carbons (Fsp3) is 0.394. The predicted molar refractivity (Wildman–Crippen MR) is 157 cm³/mol. The molecule has 3 heterocycles. The van der Waals surface area contributed by atoms with Crippen LogP contribution >= 0.6 is 0 Å². The van der Waals surface area contributed by atoms with Gasteiger partial charge in [0.05, 0.1) is 11.3 Å². The highest BCUT2D eigenvalue weighted by atomic mass is 19.1. The number of carboxylic acids is 1. The van der Waals surface area contributed by atoms with E-state index in [4.69, 9.17) is 9.72 Å². The van der Waals surface area contributed by atoms with Gasteiger partial charge in [-0.1, -0.05) is 44.2 Å². The number of carboxylic acid groups (broad SMARTS) is 1. The minimum atomic E-state index is -1.12. The Morgan fingerprint density at radius 2 is 1.68 bits per heavy atom. The number of pyridine rings is 1. The molecule has 0 amide bonds. The van der Waals surface area contributed by atoms with Crippen LogP contribution in [0.15, 0.2) is 60.8 Å². The number of hydrogen-bond acceptors (Lipinski definition) is 4. The number of hydrogen-bond donors (Lipinski definition) is 1. The fourth-order valence-electron chi connectivity index (χ4n) is 5.44. The van der Waals surface area contributed by atoms with Gasteiger partial charge in [-0.25, -0.2) is 14.2 Å². The topological polar surface area (TPSA) is 67.1 Å². The summed E-state index contributed by atoms with van der Waals surface area (Å²) in [5, 5.41) is 10.3. The summed E-state index contributed by atoms with van der Waals surface area (Å²) in [4.78, 5) is 19.9. The van der Waals surface area contributed by atoms with E-state index in [9.17, 15) is 14.3 Å². The van der Waals surface area contributed by atoms with Crippen LogP contribution in [0.5, 0.6) is 0 Å². The van der Waals surface area contributed by atoms with Crippen molar-refractivity contribution in [2.75, 3.05) is 18.0 Å². The van der Waals surface area contributed by atoms with Crippen molar-refractivity contribution in [2.45, 2.75) is 66.1 Å². The Labute approximate surface area is 235 Å². The molecule has 6 nitrogen and oxygen atoms in total. The lowest BCUT2D eigenvalue weighted by molar-refractivity contribution is -0.160. The first-order valence-corrected chi connectivity index (χ1v) is 13.9. The average molecular weight is 544 g/mol. The van der Waals surface area contributed by atoms with Gasteiger partial charge in [-0.2, -0.15) is 0 Å². The maximum atomic E-state index is 13.5. The SMILES string of the molecule is Cc1cc2nc(-c3cccc(-c4ccc(F)cc4)c3)cn2c(N2CCC(C)(C)CC2)c1[C@H](OC(C)(C)C)C(=O)O. The highest BCUT2D eigenvalue weighted by Gasteiger charge is 2.35. The largest absolute Gasteiger partial charge is 0.479 e. The maximum absolute atomic E-state index is 13.5. The Balaban J connectivity index is 1.67. The molecule has 1 aliphatic heterocycles. The smallest absolute Gasteiger partial charge is 0.337 e. The number of piperidine rings is 1. The number of aliphatic carboxylic acids is 1. The number of aryl methyl sites for hydroxylation is 1. The standard InChI is InChI=1S/C33H38FN3O3/c1-21-18-27-35-26(24-9-7-8-23(19-24)22-10-12-25(34)13-11-22)20-37(27)30(36-16-14-33(5,6)15-17-36)28(21)29(31(38)39)40-32(2,3)4/h7-13,18-20,29H,14-17H2,1-6H3,(H,38,39)/t29-/m0/s1. The zero-order valence-corrected chi connectivity index (χ0v) is 24.2. The molecule has 0 bridgehead atoms. The number of aromatic nitrogens is 2. The van der Waals surface area contributed by atoms with Crippen molar-refractivity contribution in [3.63, 3.8) is 0 Å². The molecule has 1 saturated heterocycles. The Bertz CT molecular complexity index is 1540. The molecular weight excluding hydrogens is 505 g/mol. The monoisotopic (exact) mass is 543 g/mol. The Morgan fingerprint density at radius 3 is 2.30 bits per heavy atom. The van der Waals surface area contributed by atoms with Gasteiger partial charge in [0, 0.05) is 30.4 Å². The molecule has 1 aliphatic rings. The second kappa shape index (κ2) is 10.4. The summed E-state index contributed by atoms with van der Waals surface area (Å²) in [6, 6.07) is 16.4. The van der Waals surface area contributed by atoms with E-state index >= 15 is 0 Å². The lowest BCUT2D eigenvalue weighted by atomic mass is 9.82. The average Bonchev–Trinajstić information content (AvgIpc) is 3.30. The quantitative estimate of drug-likeness (QED) is 0.270. The number of fused-ring (bicyclic) bond motifs is 1. The van der Waals surface area contributed by atoms with Crippen LogP contribution in [0, 0.1) is 18.2 Å². The molecule has 4 aromatic rings. The molecule has 210 valence electrons. The molecule has 5 rings (SSSR count). The molecular formula is C33H38FN3O3. The number of rotatable bonds is 6. The van der Waals surface area contributed by atoms with Crippen molar-refractivity contribution < 1.29 is 19.0 Å². The van der Waals surface area contributed by atoms with Gasteiger partial charge in [-0.3, -0.25) is 4.40 Å². The van der Waals surface area contributed by atoms with Crippen molar-refractivity contribution in [2.24, 2.45) is 5.41 Å². The maximum Gasteiger partial charge on any atom is 0.337 e. The van der Waals surface area contributed by atoms with Gasteiger partial charge in [-0.05, 0) is 86.9 Å². The first-order chi connectivity index (χ1) is 18.8. The number of halogens is 1. The third-order valence-electron chi connectivity index (χ3n) is 7.68. The van der Waals surface area contributed by atoms with E-state index in [1.54, 1.807) is 12.1 Å². The summed E-state index contributed by atoms with van der Waals surface area (Å²) >= 11 is 0. The van der Waals surface area contributed by atoms with Gasteiger partial charge in [0.25, 0.3) is 0 Å². The molecule has 2 aromatic heterocycles. The van der Waals surface area contributed by atoms with Crippen molar-refractivity contribution in [3.8, 4) is 22.4 Å². The normalized spacial score (nSPS) is 16.3. The molecule has 0 radical (unpaired) electrons. The first kappa shape index (κ1) is 27.8. The van der Waals surface area contributed by atoms with Gasteiger partial charge in [0.15, 0.2) is 6.10 Å². The summed E-state index contributed by atoms with van der Waals surface area (Å²) in [6.45, 7) is 13.8. The van der Waals surface area contributed by atoms with Gasteiger partial charge >= 0.3 is 5.97 Å². The number of imidazole rings is 1. The number of anilines is 1. The van der Waals surface area contributed by atoms with E-state index in [1.807, 2.05) is 62.6 Å². The van der Waals surface area contributed by atoms with E-state index in [-0.39, 0.29) is 11.2 Å². The van der Waals surface area contributed by atoms with Crippen LogP contribution in [0.3, 0.4) is 0 Å². The van der Waals surface area contributed by atoms with Gasteiger partial charge in [0.1, 0.15) is 17.3 Å². The summed E-state index contributed by atoms with van der Waals surface area (Å²) in [7, 11) is 0. The third-order valence-corrected chi connectivity index (χ3v) is 7.68. The van der Waals surface area contributed by atoms with E-state index in [0.717, 1.165) is 65.3 Å². The van der Waals surface area contributed by atoms with Crippen LogP contribution in [0.25, 0.3) is 28.0 Å². The van der Waals surface area contributed by atoms with Crippen LogP contribution in [-0.4, -0.2) is 39.2 Å². The summed E-state index contributed by atoms with van der Waals surface area (Å²) < 4.78 is 21.7. The zero-order chi connectivity index (χ0) is 28.8. The fourth-order valence-corrected chi connectivity index (χ4v) is 5.44. The second-order valence-corrected chi connectivity index (χ2v) is 12.6. The van der Waals surface area contributed by atoms with Gasteiger partial charge in [-0.15, -0.1) is 0 Å².